The number of hydrogen-bond acceptors (Lipinski definition) is 6. The van der Waals surface area contributed by atoms with E-state index in [1.807, 2.05) is 62.4 Å². The molecule has 8 nitrogen and oxygen atoms in total. The molecule has 2 aromatic carbocycles. The van der Waals surface area contributed by atoms with Gasteiger partial charge in [-0.3, -0.25) is 4.79 Å². The van der Waals surface area contributed by atoms with E-state index in [9.17, 15) is 13.2 Å². The minimum Gasteiger partial charge on any atom is -0.346 e. The quantitative estimate of drug-likeness (QED) is 0.591. The van der Waals surface area contributed by atoms with Crippen molar-refractivity contribution in [2.45, 2.75) is 26.9 Å². The number of aryl methyl sites for hydroxylation is 2. The maximum atomic E-state index is 12.3. The monoisotopic (exact) mass is 428 g/mol. The van der Waals surface area contributed by atoms with Gasteiger partial charge in [0.1, 0.15) is 0 Å². The lowest BCUT2D eigenvalue weighted by Crippen LogP contribution is -2.39. The molecule has 158 valence electrons. The minimum atomic E-state index is -3.57. The lowest BCUT2D eigenvalue weighted by Gasteiger charge is -2.19. The maximum Gasteiger partial charge on any atom is 0.246 e. The largest absolute Gasteiger partial charge is 0.346 e. The highest BCUT2D eigenvalue weighted by molar-refractivity contribution is 7.88. The van der Waals surface area contributed by atoms with Crippen molar-refractivity contribution in [3.8, 4) is 11.4 Å². The number of carbonyl (C=O) groups excluding carboxylic acids is 1. The van der Waals surface area contributed by atoms with Crippen molar-refractivity contribution < 1.29 is 17.7 Å². The van der Waals surface area contributed by atoms with Gasteiger partial charge in [-0.1, -0.05) is 64.8 Å². The summed E-state index contributed by atoms with van der Waals surface area (Å²) in [5, 5.41) is 6.54. The Morgan fingerprint density at radius 1 is 1.03 bits per heavy atom. The van der Waals surface area contributed by atoms with E-state index in [2.05, 4.69) is 15.5 Å². The lowest BCUT2D eigenvalue weighted by atomic mass is 10.1. The van der Waals surface area contributed by atoms with Crippen LogP contribution in [0.15, 0.2) is 53.1 Å². The number of nitrogens with one attached hydrogen (secondary N) is 1. The van der Waals surface area contributed by atoms with Crippen LogP contribution in [0.5, 0.6) is 0 Å². The number of rotatable bonds is 8. The van der Waals surface area contributed by atoms with Gasteiger partial charge in [0.2, 0.25) is 27.6 Å². The number of nitrogens with zero attached hydrogens (tertiary/aromatic N) is 3. The number of carbonyl (C=O) groups is 1. The van der Waals surface area contributed by atoms with Crippen molar-refractivity contribution in [1.29, 1.82) is 0 Å². The van der Waals surface area contributed by atoms with Gasteiger partial charge in [-0.25, -0.2) is 8.42 Å². The van der Waals surface area contributed by atoms with Gasteiger partial charge in [0, 0.05) is 12.1 Å². The van der Waals surface area contributed by atoms with Crippen molar-refractivity contribution in [1.82, 2.24) is 19.8 Å². The summed E-state index contributed by atoms with van der Waals surface area (Å²) >= 11 is 0. The van der Waals surface area contributed by atoms with Crippen LogP contribution in [0.25, 0.3) is 11.4 Å². The van der Waals surface area contributed by atoms with E-state index in [0.717, 1.165) is 32.8 Å². The third-order valence-electron chi connectivity index (χ3n) is 4.48. The average molecular weight is 429 g/mol. The number of hydrogen-bond donors (Lipinski definition) is 1. The molecule has 1 N–H and O–H groups in total. The molecule has 1 amide bonds. The van der Waals surface area contributed by atoms with Crippen LogP contribution in [0.1, 0.15) is 22.6 Å². The molecule has 0 saturated heterocycles. The van der Waals surface area contributed by atoms with E-state index >= 15 is 0 Å². The molecule has 0 unspecified atom stereocenters. The van der Waals surface area contributed by atoms with Gasteiger partial charge in [0.05, 0.1) is 19.3 Å². The summed E-state index contributed by atoms with van der Waals surface area (Å²) in [4.78, 5) is 16.6. The molecule has 1 aromatic heterocycles. The summed E-state index contributed by atoms with van der Waals surface area (Å²) in [6.45, 7) is 3.77. The van der Waals surface area contributed by atoms with Crippen LogP contribution in [0, 0.1) is 13.8 Å². The Hall–Kier alpha value is -3.04. The van der Waals surface area contributed by atoms with Crippen molar-refractivity contribution in [3.63, 3.8) is 0 Å². The summed E-state index contributed by atoms with van der Waals surface area (Å²) in [6.07, 6.45) is 1.08. The first-order valence-corrected chi connectivity index (χ1v) is 11.2. The van der Waals surface area contributed by atoms with Crippen molar-refractivity contribution in [2.24, 2.45) is 0 Å². The number of aromatic nitrogens is 2. The molecule has 1 heterocycles. The maximum absolute atomic E-state index is 12.3. The molecule has 0 bridgehead atoms. The van der Waals surface area contributed by atoms with Crippen LogP contribution in [-0.2, 0) is 27.9 Å². The Labute approximate surface area is 176 Å². The zero-order chi connectivity index (χ0) is 21.7. The molecule has 0 fully saturated rings. The number of sulfonamides is 1. The van der Waals surface area contributed by atoms with E-state index in [0.29, 0.717) is 5.82 Å². The van der Waals surface area contributed by atoms with Crippen LogP contribution in [0.4, 0.5) is 0 Å². The molecule has 0 spiro atoms. The molecule has 0 aliphatic heterocycles. The Morgan fingerprint density at radius 3 is 2.23 bits per heavy atom. The molecule has 9 heteroatoms. The van der Waals surface area contributed by atoms with Crippen molar-refractivity contribution in [3.05, 3.63) is 71.1 Å². The van der Waals surface area contributed by atoms with E-state index in [-0.39, 0.29) is 25.5 Å². The molecule has 0 atom stereocenters. The molecular weight excluding hydrogens is 404 g/mol. The van der Waals surface area contributed by atoms with E-state index in [1.54, 1.807) is 0 Å². The number of amides is 1. The van der Waals surface area contributed by atoms with Gasteiger partial charge in [-0.2, -0.15) is 9.29 Å². The van der Waals surface area contributed by atoms with Crippen LogP contribution in [0.2, 0.25) is 0 Å². The SMILES string of the molecule is Cc1ccc(CN(CC(=O)NCc2nc(-c3ccc(C)cc3)no2)S(C)(=O)=O)cc1. The third-order valence-corrected chi connectivity index (χ3v) is 5.68. The van der Waals surface area contributed by atoms with Crippen LogP contribution < -0.4 is 5.32 Å². The van der Waals surface area contributed by atoms with Crippen LogP contribution >= 0.6 is 0 Å². The standard InChI is InChI=1S/C21H24N4O4S/c1-15-4-8-17(9-5-15)13-25(30(3,27)28)14-19(26)22-12-20-23-21(24-29-20)18-10-6-16(2)7-11-18/h4-11H,12-14H2,1-3H3,(H,22,26). The second kappa shape index (κ2) is 9.19. The molecule has 0 aliphatic carbocycles. The average Bonchev–Trinajstić information content (AvgIpc) is 3.16. The fourth-order valence-electron chi connectivity index (χ4n) is 2.72. The highest BCUT2D eigenvalue weighted by Gasteiger charge is 2.21. The first-order chi connectivity index (χ1) is 14.2. The van der Waals surface area contributed by atoms with Gasteiger partial charge in [-0.15, -0.1) is 0 Å². The van der Waals surface area contributed by atoms with Gasteiger partial charge in [-0.05, 0) is 19.4 Å². The Morgan fingerprint density at radius 2 is 1.63 bits per heavy atom. The predicted molar refractivity (Wildman–Crippen MR) is 113 cm³/mol. The Balaban J connectivity index is 1.59. The highest BCUT2D eigenvalue weighted by Crippen LogP contribution is 2.16. The zero-order valence-corrected chi connectivity index (χ0v) is 17.9. The summed E-state index contributed by atoms with van der Waals surface area (Å²) in [5.74, 6) is 0.211. The molecule has 0 radical (unpaired) electrons. The second-order valence-corrected chi connectivity index (χ2v) is 9.15. The van der Waals surface area contributed by atoms with Gasteiger partial charge in [0.15, 0.2) is 0 Å². The van der Waals surface area contributed by atoms with E-state index in [1.165, 1.54) is 0 Å². The molecule has 3 aromatic rings. The fraction of sp³-hybridized carbons (Fsp3) is 0.286. The van der Waals surface area contributed by atoms with Gasteiger partial charge >= 0.3 is 0 Å². The Kier molecular flexibility index (Phi) is 6.63. The third kappa shape index (κ3) is 5.98. The summed E-state index contributed by atoms with van der Waals surface area (Å²) in [5.41, 5.74) is 3.81. The fourth-order valence-corrected chi connectivity index (χ4v) is 3.46. The molecule has 3 rings (SSSR count). The van der Waals surface area contributed by atoms with E-state index in [4.69, 9.17) is 4.52 Å². The first kappa shape index (κ1) is 21.7. The summed E-state index contributed by atoms with van der Waals surface area (Å²) < 4.78 is 30.5. The zero-order valence-electron chi connectivity index (χ0n) is 17.1. The van der Waals surface area contributed by atoms with Crippen LogP contribution in [-0.4, -0.2) is 41.6 Å². The predicted octanol–water partition coefficient (Wildman–Crippen LogP) is 2.43. The highest BCUT2D eigenvalue weighted by atomic mass is 32.2. The van der Waals surface area contributed by atoms with Crippen LogP contribution in [0.3, 0.4) is 0 Å². The minimum absolute atomic E-state index is 0.0137. The molecule has 0 saturated carbocycles. The Bertz CT molecular complexity index is 1110. The first-order valence-electron chi connectivity index (χ1n) is 9.38. The second-order valence-electron chi connectivity index (χ2n) is 7.17. The summed E-state index contributed by atoms with van der Waals surface area (Å²) in [6, 6.07) is 15.2. The van der Waals surface area contributed by atoms with E-state index < -0.39 is 15.9 Å². The van der Waals surface area contributed by atoms with Crippen molar-refractivity contribution in [2.75, 3.05) is 12.8 Å². The number of benzene rings is 2. The molecule has 30 heavy (non-hydrogen) atoms. The normalized spacial score (nSPS) is 11.6. The smallest absolute Gasteiger partial charge is 0.246 e. The van der Waals surface area contributed by atoms with Gasteiger partial charge in [0.25, 0.3) is 0 Å². The lowest BCUT2D eigenvalue weighted by molar-refractivity contribution is -0.121. The van der Waals surface area contributed by atoms with Crippen molar-refractivity contribution >= 4 is 15.9 Å². The molecular formula is C21H24N4O4S. The summed E-state index contributed by atoms with van der Waals surface area (Å²) in [7, 11) is -3.57. The molecule has 0 aliphatic rings. The topological polar surface area (TPSA) is 105 Å². The van der Waals surface area contributed by atoms with Gasteiger partial charge < -0.3 is 9.84 Å².